The maximum atomic E-state index is 11.4. The van der Waals surface area contributed by atoms with Gasteiger partial charge in [0.05, 0.1) is 12.2 Å². The third kappa shape index (κ3) is 3.17. The fourth-order valence-corrected chi connectivity index (χ4v) is 0.981. The van der Waals surface area contributed by atoms with Crippen LogP contribution in [0.2, 0.25) is 0 Å². The normalized spacial score (nSPS) is 9.86. The molecule has 0 amide bonds. The summed E-state index contributed by atoms with van der Waals surface area (Å²) in [6.45, 7) is 4.43. The number of nitrogens with zero attached hydrogens (tertiary/aromatic N) is 1. The lowest BCUT2D eigenvalue weighted by molar-refractivity contribution is 0.0499. The third-order valence-electron chi connectivity index (χ3n) is 1.88. The summed E-state index contributed by atoms with van der Waals surface area (Å²) < 4.78 is 5.03. The molecule has 3 nitrogen and oxygen atoms in total. The first-order chi connectivity index (χ1) is 6.74. The topological polar surface area (TPSA) is 39.2 Å². The van der Waals surface area contributed by atoms with Crippen molar-refractivity contribution >= 4 is 5.97 Å². The highest BCUT2D eigenvalue weighted by atomic mass is 16.5. The summed E-state index contributed by atoms with van der Waals surface area (Å²) in [7, 11) is 0. The maximum Gasteiger partial charge on any atom is 0.339 e. The van der Waals surface area contributed by atoms with Crippen LogP contribution in [-0.2, 0) is 4.74 Å². The van der Waals surface area contributed by atoms with Gasteiger partial charge in [0.25, 0.3) is 0 Å². The standard InChI is InChI=1S/C11H15NO2/c1-3-4-7-14-11(13)10-6-5-9(2)12-8-10/h5-6,8H,3-4,7H2,1-2H3. The Morgan fingerprint density at radius 2 is 2.29 bits per heavy atom. The van der Waals surface area contributed by atoms with Crippen LogP contribution in [0, 0.1) is 6.92 Å². The molecule has 0 unspecified atom stereocenters. The Labute approximate surface area is 84.1 Å². The molecule has 0 saturated heterocycles. The van der Waals surface area contributed by atoms with Crippen molar-refractivity contribution < 1.29 is 9.53 Å². The Bertz CT molecular complexity index is 293. The molecule has 0 aliphatic carbocycles. The van der Waals surface area contributed by atoms with Crippen LogP contribution in [0.3, 0.4) is 0 Å². The molecule has 0 aliphatic rings. The zero-order valence-corrected chi connectivity index (χ0v) is 8.62. The molecule has 0 radical (unpaired) electrons. The van der Waals surface area contributed by atoms with Crippen molar-refractivity contribution in [1.29, 1.82) is 0 Å². The SMILES string of the molecule is CCCCOC(=O)c1ccc(C)nc1. The van der Waals surface area contributed by atoms with E-state index in [-0.39, 0.29) is 5.97 Å². The molecule has 1 aromatic rings. The van der Waals surface area contributed by atoms with Gasteiger partial charge in [0.15, 0.2) is 0 Å². The lowest BCUT2D eigenvalue weighted by Crippen LogP contribution is -2.06. The number of hydrogen-bond donors (Lipinski definition) is 0. The number of aryl methyl sites for hydroxylation is 1. The third-order valence-corrected chi connectivity index (χ3v) is 1.88. The molecule has 3 heteroatoms. The maximum absolute atomic E-state index is 11.4. The predicted octanol–water partition coefficient (Wildman–Crippen LogP) is 2.35. The number of unbranched alkanes of at least 4 members (excludes halogenated alkanes) is 1. The minimum atomic E-state index is -0.286. The Balaban J connectivity index is 2.48. The molecular weight excluding hydrogens is 178 g/mol. The van der Waals surface area contributed by atoms with Crippen LogP contribution in [-0.4, -0.2) is 17.6 Å². The highest BCUT2D eigenvalue weighted by Crippen LogP contribution is 2.02. The summed E-state index contributed by atoms with van der Waals surface area (Å²) >= 11 is 0. The van der Waals surface area contributed by atoms with Gasteiger partial charge in [0.2, 0.25) is 0 Å². The number of rotatable bonds is 4. The minimum Gasteiger partial charge on any atom is -0.462 e. The van der Waals surface area contributed by atoms with Crippen LogP contribution in [0.5, 0.6) is 0 Å². The van der Waals surface area contributed by atoms with E-state index in [4.69, 9.17) is 4.74 Å². The van der Waals surface area contributed by atoms with Gasteiger partial charge in [-0.1, -0.05) is 13.3 Å². The van der Waals surface area contributed by atoms with Crippen molar-refractivity contribution in [3.8, 4) is 0 Å². The van der Waals surface area contributed by atoms with Crippen LogP contribution < -0.4 is 0 Å². The number of hydrogen-bond acceptors (Lipinski definition) is 3. The molecule has 0 saturated carbocycles. The van der Waals surface area contributed by atoms with Crippen molar-refractivity contribution in [2.45, 2.75) is 26.7 Å². The number of esters is 1. The highest BCUT2D eigenvalue weighted by molar-refractivity contribution is 5.88. The van der Waals surface area contributed by atoms with Gasteiger partial charge < -0.3 is 4.74 Å². The summed E-state index contributed by atoms with van der Waals surface area (Å²) in [4.78, 5) is 15.4. The first-order valence-electron chi connectivity index (χ1n) is 4.84. The van der Waals surface area contributed by atoms with Gasteiger partial charge in [-0.15, -0.1) is 0 Å². The van der Waals surface area contributed by atoms with Crippen molar-refractivity contribution in [2.24, 2.45) is 0 Å². The van der Waals surface area contributed by atoms with Gasteiger partial charge in [0, 0.05) is 11.9 Å². The summed E-state index contributed by atoms with van der Waals surface area (Å²) in [5.74, 6) is -0.286. The predicted molar refractivity (Wildman–Crippen MR) is 54.2 cm³/mol. The molecule has 0 fully saturated rings. The number of pyridine rings is 1. The highest BCUT2D eigenvalue weighted by Gasteiger charge is 2.05. The van der Waals surface area contributed by atoms with Crippen LogP contribution >= 0.6 is 0 Å². The van der Waals surface area contributed by atoms with E-state index >= 15 is 0 Å². The molecule has 0 aliphatic heterocycles. The summed E-state index contributed by atoms with van der Waals surface area (Å²) in [5, 5.41) is 0. The quantitative estimate of drug-likeness (QED) is 0.544. The van der Waals surface area contributed by atoms with Crippen LogP contribution in [0.4, 0.5) is 0 Å². The van der Waals surface area contributed by atoms with Gasteiger partial charge in [0.1, 0.15) is 0 Å². The fourth-order valence-electron chi connectivity index (χ4n) is 0.981. The summed E-state index contributed by atoms with van der Waals surface area (Å²) in [5.41, 5.74) is 1.42. The smallest absolute Gasteiger partial charge is 0.339 e. The molecule has 1 rings (SSSR count). The second kappa shape index (κ2) is 5.37. The molecule has 0 aromatic carbocycles. The van der Waals surface area contributed by atoms with E-state index < -0.39 is 0 Å². The number of aromatic nitrogens is 1. The molecule has 1 heterocycles. The van der Waals surface area contributed by atoms with Gasteiger partial charge in [-0.3, -0.25) is 4.98 Å². The van der Waals surface area contributed by atoms with Crippen LogP contribution in [0.25, 0.3) is 0 Å². The first-order valence-corrected chi connectivity index (χ1v) is 4.84. The molecule has 0 spiro atoms. The molecule has 0 atom stereocenters. The largest absolute Gasteiger partial charge is 0.462 e. The number of ether oxygens (including phenoxy) is 1. The van der Waals surface area contributed by atoms with Crippen molar-refractivity contribution in [2.75, 3.05) is 6.61 Å². The Kier molecular flexibility index (Phi) is 4.11. The van der Waals surface area contributed by atoms with Gasteiger partial charge in [-0.25, -0.2) is 4.79 Å². The zero-order chi connectivity index (χ0) is 10.4. The molecule has 76 valence electrons. The second-order valence-corrected chi connectivity index (χ2v) is 3.18. The second-order valence-electron chi connectivity index (χ2n) is 3.18. The van der Waals surface area contributed by atoms with Gasteiger partial charge in [-0.05, 0) is 25.5 Å². The lowest BCUT2D eigenvalue weighted by atomic mass is 10.2. The van der Waals surface area contributed by atoms with E-state index in [1.54, 1.807) is 18.3 Å². The molecule has 0 N–H and O–H groups in total. The monoisotopic (exact) mass is 193 g/mol. The van der Waals surface area contributed by atoms with Crippen LogP contribution in [0.1, 0.15) is 35.8 Å². The fraction of sp³-hybridized carbons (Fsp3) is 0.455. The van der Waals surface area contributed by atoms with E-state index in [2.05, 4.69) is 11.9 Å². The first kappa shape index (κ1) is 10.7. The van der Waals surface area contributed by atoms with E-state index in [1.165, 1.54) is 0 Å². The summed E-state index contributed by atoms with van der Waals surface area (Å²) in [6, 6.07) is 3.53. The number of carbonyl (C=O) groups is 1. The Hall–Kier alpha value is -1.38. The van der Waals surface area contributed by atoms with Crippen molar-refractivity contribution in [1.82, 2.24) is 4.98 Å². The average molecular weight is 193 g/mol. The lowest BCUT2D eigenvalue weighted by Gasteiger charge is -2.03. The zero-order valence-electron chi connectivity index (χ0n) is 8.62. The molecule has 0 bridgehead atoms. The van der Waals surface area contributed by atoms with Crippen molar-refractivity contribution in [3.63, 3.8) is 0 Å². The molecule has 1 aromatic heterocycles. The van der Waals surface area contributed by atoms with E-state index in [0.717, 1.165) is 18.5 Å². The van der Waals surface area contributed by atoms with Gasteiger partial charge >= 0.3 is 5.97 Å². The Morgan fingerprint density at radius 3 is 2.86 bits per heavy atom. The number of carbonyl (C=O) groups excluding carboxylic acids is 1. The molecule has 14 heavy (non-hydrogen) atoms. The van der Waals surface area contributed by atoms with E-state index in [0.29, 0.717) is 12.2 Å². The Morgan fingerprint density at radius 1 is 1.50 bits per heavy atom. The van der Waals surface area contributed by atoms with Gasteiger partial charge in [-0.2, -0.15) is 0 Å². The average Bonchev–Trinajstić information content (AvgIpc) is 2.19. The van der Waals surface area contributed by atoms with Crippen LogP contribution in [0.15, 0.2) is 18.3 Å². The van der Waals surface area contributed by atoms with Crippen molar-refractivity contribution in [3.05, 3.63) is 29.6 Å². The van der Waals surface area contributed by atoms with E-state index in [1.807, 2.05) is 6.92 Å². The summed E-state index contributed by atoms with van der Waals surface area (Å²) in [6.07, 6.45) is 3.48. The minimum absolute atomic E-state index is 0.286. The van der Waals surface area contributed by atoms with E-state index in [9.17, 15) is 4.79 Å². The molecular formula is C11H15NO2.